The first kappa shape index (κ1) is 21.3. The normalized spacial score (nSPS) is 21.4. The topological polar surface area (TPSA) is 76.2 Å². The zero-order chi connectivity index (χ0) is 21.1. The van der Waals surface area contributed by atoms with Crippen LogP contribution in [0.4, 0.5) is 9.93 Å². The number of anilines is 1. The molecule has 9 heteroatoms. The van der Waals surface area contributed by atoms with Crippen LogP contribution < -0.4 is 10.1 Å². The predicted octanol–water partition coefficient (Wildman–Crippen LogP) is 3.34. The van der Waals surface area contributed by atoms with Gasteiger partial charge < -0.3 is 24.0 Å². The molecule has 30 heavy (non-hydrogen) atoms. The fourth-order valence-corrected chi connectivity index (χ4v) is 4.89. The van der Waals surface area contributed by atoms with E-state index in [-0.39, 0.29) is 18.2 Å². The van der Waals surface area contributed by atoms with Crippen LogP contribution >= 0.6 is 11.3 Å². The first-order valence-corrected chi connectivity index (χ1v) is 11.3. The van der Waals surface area contributed by atoms with E-state index >= 15 is 0 Å². The van der Waals surface area contributed by atoms with Crippen LogP contribution in [0.3, 0.4) is 0 Å². The number of ether oxygens (including phenoxy) is 3. The molecule has 2 aliphatic heterocycles. The molecule has 2 amide bonds. The van der Waals surface area contributed by atoms with Crippen molar-refractivity contribution >= 4 is 32.7 Å². The largest absolute Gasteiger partial charge is 0.494 e. The maximum absolute atomic E-state index is 12.8. The number of rotatable bonds is 4. The summed E-state index contributed by atoms with van der Waals surface area (Å²) in [5, 5.41) is 3.54. The highest BCUT2D eigenvalue weighted by Gasteiger charge is 2.26. The summed E-state index contributed by atoms with van der Waals surface area (Å²) < 4.78 is 18.3. The second-order valence-corrected chi connectivity index (χ2v) is 8.95. The minimum absolute atomic E-state index is 0.122. The van der Waals surface area contributed by atoms with Crippen molar-refractivity contribution in [2.45, 2.75) is 31.4 Å². The average Bonchev–Trinajstić information content (AvgIpc) is 2.96. The Hall–Kier alpha value is -1.94. The number of aromatic nitrogens is 1. The Balaban J connectivity index is 1.52. The van der Waals surface area contributed by atoms with Gasteiger partial charge in [0, 0.05) is 31.9 Å². The highest BCUT2D eigenvalue weighted by Crippen LogP contribution is 2.39. The monoisotopic (exact) mass is 434 g/mol. The Morgan fingerprint density at radius 3 is 2.90 bits per heavy atom. The van der Waals surface area contributed by atoms with Crippen LogP contribution in [0.2, 0.25) is 0 Å². The molecular weight excluding hydrogens is 404 g/mol. The molecule has 2 aromatic rings. The van der Waals surface area contributed by atoms with Gasteiger partial charge in [-0.1, -0.05) is 17.4 Å². The van der Waals surface area contributed by atoms with Crippen molar-refractivity contribution in [1.82, 2.24) is 14.8 Å². The predicted molar refractivity (Wildman–Crippen MR) is 118 cm³/mol. The zero-order valence-electron chi connectivity index (χ0n) is 17.8. The molecular formula is C21H30N4O4S. The quantitative estimate of drug-likeness (QED) is 0.795. The number of carbonyl (C=O) groups is 1. The number of hydrogen-bond acceptors (Lipinski definition) is 7. The molecule has 164 valence electrons. The lowest BCUT2D eigenvalue weighted by molar-refractivity contribution is 0.0240. The third-order valence-corrected chi connectivity index (χ3v) is 6.82. The van der Waals surface area contributed by atoms with E-state index in [0.29, 0.717) is 30.7 Å². The molecule has 1 aromatic heterocycles. The van der Waals surface area contributed by atoms with Crippen LogP contribution in [-0.4, -0.2) is 81.0 Å². The molecule has 2 saturated heterocycles. The summed E-state index contributed by atoms with van der Waals surface area (Å²) in [7, 11) is 5.62. The van der Waals surface area contributed by atoms with E-state index < -0.39 is 0 Å². The minimum atomic E-state index is -0.179. The Morgan fingerprint density at radius 1 is 1.33 bits per heavy atom. The summed E-state index contributed by atoms with van der Waals surface area (Å²) in [6, 6.07) is 4.15. The molecule has 0 saturated carbocycles. The van der Waals surface area contributed by atoms with Crippen LogP contribution in [0.15, 0.2) is 12.1 Å². The second kappa shape index (κ2) is 9.47. The maximum Gasteiger partial charge on any atom is 0.323 e. The Labute approximate surface area is 181 Å². The van der Waals surface area contributed by atoms with Gasteiger partial charge in [0.2, 0.25) is 0 Å². The Morgan fingerprint density at radius 2 is 2.13 bits per heavy atom. The third-order valence-electron chi connectivity index (χ3n) is 5.89. The van der Waals surface area contributed by atoms with E-state index in [4.69, 9.17) is 14.2 Å². The lowest BCUT2D eigenvalue weighted by Crippen LogP contribution is -2.46. The smallest absolute Gasteiger partial charge is 0.323 e. The van der Waals surface area contributed by atoms with E-state index in [2.05, 4.69) is 22.2 Å². The van der Waals surface area contributed by atoms with Gasteiger partial charge in [0.05, 0.1) is 18.4 Å². The number of thiazole rings is 1. The first-order valence-electron chi connectivity index (χ1n) is 10.5. The number of carbonyl (C=O) groups excluding carboxylic acids is 1. The number of benzene rings is 1. The molecule has 2 aliphatic rings. The lowest BCUT2D eigenvalue weighted by Gasteiger charge is -2.34. The molecule has 0 radical (unpaired) electrons. The molecule has 3 heterocycles. The SMILES string of the molecule is COc1c(C2COCCCO2)ccc2sc(NC(=O)N(C)C3CCN(C)CC3)nc12. The van der Waals surface area contributed by atoms with Gasteiger partial charge in [-0.15, -0.1) is 0 Å². The molecule has 1 atom stereocenters. The number of likely N-dealkylation sites (tertiary alicyclic amines) is 1. The summed E-state index contributed by atoms with van der Waals surface area (Å²) >= 11 is 1.45. The molecule has 1 N–H and O–H groups in total. The van der Waals surface area contributed by atoms with Gasteiger partial charge in [-0.25, -0.2) is 9.78 Å². The Kier molecular flexibility index (Phi) is 6.72. The van der Waals surface area contributed by atoms with Crippen LogP contribution in [0.25, 0.3) is 10.2 Å². The lowest BCUT2D eigenvalue weighted by atomic mass is 10.0. The molecule has 1 unspecified atom stereocenters. The van der Waals surface area contributed by atoms with Crippen LogP contribution in [0, 0.1) is 0 Å². The summed E-state index contributed by atoms with van der Waals surface area (Å²) in [6.45, 7) is 3.88. The molecule has 2 fully saturated rings. The van der Waals surface area contributed by atoms with Crippen molar-refractivity contribution in [2.75, 3.05) is 59.4 Å². The van der Waals surface area contributed by atoms with Crippen molar-refractivity contribution in [3.63, 3.8) is 0 Å². The van der Waals surface area contributed by atoms with Crippen molar-refractivity contribution in [3.8, 4) is 5.75 Å². The summed E-state index contributed by atoms with van der Waals surface area (Å²) in [4.78, 5) is 21.5. The number of nitrogens with zero attached hydrogens (tertiary/aromatic N) is 3. The molecule has 0 bridgehead atoms. The molecule has 0 aliphatic carbocycles. The molecule has 8 nitrogen and oxygen atoms in total. The number of urea groups is 1. The van der Waals surface area contributed by atoms with E-state index in [9.17, 15) is 4.79 Å². The standard InChI is InChI=1S/C21H30N4O4S/c1-24-9-7-14(8-10-24)25(2)21(26)23-20-22-18-17(30-20)6-5-15(19(18)27-3)16-13-28-11-4-12-29-16/h5-6,14,16H,4,7-13H2,1-3H3,(H,22,23,26). The van der Waals surface area contributed by atoms with Crippen molar-refractivity contribution in [3.05, 3.63) is 17.7 Å². The summed E-state index contributed by atoms with van der Waals surface area (Å²) in [6.07, 6.45) is 2.68. The third kappa shape index (κ3) is 4.54. The maximum atomic E-state index is 12.8. The number of hydrogen-bond donors (Lipinski definition) is 1. The van der Waals surface area contributed by atoms with Gasteiger partial charge in [-0.05, 0) is 45.5 Å². The van der Waals surface area contributed by atoms with E-state index in [1.165, 1.54) is 11.3 Å². The van der Waals surface area contributed by atoms with Crippen LogP contribution in [-0.2, 0) is 9.47 Å². The van der Waals surface area contributed by atoms with E-state index in [1.54, 1.807) is 12.0 Å². The molecule has 4 rings (SSSR count). The van der Waals surface area contributed by atoms with Crippen LogP contribution in [0.1, 0.15) is 30.9 Å². The molecule has 0 spiro atoms. The molecule has 1 aromatic carbocycles. The van der Waals surface area contributed by atoms with Gasteiger partial charge in [0.15, 0.2) is 10.9 Å². The van der Waals surface area contributed by atoms with E-state index in [1.807, 2.05) is 19.2 Å². The fourth-order valence-electron chi connectivity index (χ4n) is 4.04. The number of amides is 2. The second-order valence-electron chi connectivity index (χ2n) is 7.92. The number of fused-ring (bicyclic) bond motifs is 1. The van der Waals surface area contributed by atoms with Gasteiger partial charge in [-0.2, -0.15) is 0 Å². The number of piperidine rings is 1. The van der Waals surface area contributed by atoms with Gasteiger partial charge in [0.1, 0.15) is 11.6 Å². The Bertz CT molecular complexity index is 873. The highest BCUT2D eigenvalue weighted by atomic mass is 32.1. The van der Waals surface area contributed by atoms with Crippen molar-refractivity contribution < 1.29 is 19.0 Å². The van der Waals surface area contributed by atoms with E-state index in [0.717, 1.165) is 48.1 Å². The van der Waals surface area contributed by atoms with Crippen molar-refractivity contribution in [1.29, 1.82) is 0 Å². The van der Waals surface area contributed by atoms with Crippen LogP contribution in [0.5, 0.6) is 5.75 Å². The average molecular weight is 435 g/mol. The number of nitrogens with one attached hydrogen (secondary N) is 1. The zero-order valence-corrected chi connectivity index (χ0v) is 18.7. The highest BCUT2D eigenvalue weighted by molar-refractivity contribution is 7.22. The fraction of sp³-hybridized carbons (Fsp3) is 0.619. The summed E-state index contributed by atoms with van der Waals surface area (Å²) in [5.41, 5.74) is 1.67. The van der Waals surface area contributed by atoms with Crippen molar-refractivity contribution in [2.24, 2.45) is 0 Å². The summed E-state index contributed by atoms with van der Waals surface area (Å²) in [5.74, 6) is 0.684. The minimum Gasteiger partial charge on any atom is -0.494 e. The van der Waals surface area contributed by atoms with Gasteiger partial charge in [-0.3, -0.25) is 5.32 Å². The number of methoxy groups -OCH3 is 1. The van der Waals surface area contributed by atoms with Gasteiger partial charge in [0.25, 0.3) is 0 Å². The first-order chi connectivity index (χ1) is 14.6. The van der Waals surface area contributed by atoms with Gasteiger partial charge >= 0.3 is 6.03 Å².